The van der Waals surface area contributed by atoms with Gasteiger partial charge in [-0.25, -0.2) is 0 Å². The summed E-state index contributed by atoms with van der Waals surface area (Å²) in [6, 6.07) is 9.41. The molecule has 1 heterocycles. The Morgan fingerprint density at radius 3 is 2.43 bits per heavy atom. The van der Waals surface area contributed by atoms with E-state index < -0.39 is 16.5 Å². The first-order valence-electron chi connectivity index (χ1n) is 3.67. The number of halogens is 2. The van der Waals surface area contributed by atoms with Gasteiger partial charge >= 0.3 is 35.3 Å². The van der Waals surface area contributed by atoms with Crippen molar-refractivity contribution in [1.29, 1.82) is 0 Å². The number of fused-ring (bicyclic) bond motifs is 1. The molecule has 2 nitrogen and oxygen atoms in total. The number of aromatic nitrogens is 1. The van der Waals surface area contributed by atoms with Gasteiger partial charge in [0.1, 0.15) is 0 Å². The zero-order chi connectivity index (χ0) is 10.4. The molecule has 0 spiro atoms. The molecule has 0 aliphatic heterocycles. The number of rotatable bonds is 0. The van der Waals surface area contributed by atoms with Gasteiger partial charge in [-0.3, -0.25) is 4.98 Å². The van der Waals surface area contributed by atoms with Gasteiger partial charge in [-0.05, 0) is 11.5 Å². The van der Waals surface area contributed by atoms with E-state index >= 15 is 0 Å². The van der Waals surface area contributed by atoms with Crippen LogP contribution in [0.3, 0.4) is 0 Å². The van der Waals surface area contributed by atoms with Crippen molar-refractivity contribution < 1.29 is 16.5 Å². The van der Waals surface area contributed by atoms with Gasteiger partial charge in [0.15, 0.2) is 0 Å². The fourth-order valence-electron chi connectivity index (χ4n) is 1.10. The second-order valence-electron chi connectivity index (χ2n) is 2.43. The maximum atomic E-state index is 7.50. The number of pyridine rings is 1. The normalized spacial score (nSPS) is 9.57. The predicted molar refractivity (Wildman–Crippen MR) is 57.4 cm³/mol. The van der Waals surface area contributed by atoms with Gasteiger partial charge in [0.05, 0.1) is 5.52 Å². The van der Waals surface area contributed by atoms with E-state index in [4.69, 9.17) is 24.6 Å². The Balaban J connectivity index is 0.000000293. The van der Waals surface area contributed by atoms with Crippen LogP contribution in [-0.4, -0.2) is 4.98 Å². The molecule has 0 fully saturated rings. The number of para-hydroxylation sites is 1. The number of nitrogens with zero attached hydrogens (tertiary/aromatic N) is 1. The maximum Gasteiger partial charge on any atom is 0.0551 e. The van der Waals surface area contributed by atoms with Crippen molar-refractivity contribution in [2.75, 3.05) is 0 Å². The molecule has 1 N–H and O–H groups in total. The average Bonchev–Trinajstić information content (AvgIpc) is 2.20. The molecule has 14 heavy (non-hydrogen) atoms. The van der Waals surface area contributed by atoms with E-state index in [1.165, 1.54) is 0 Å². The van der Waals surface area contributed by atoms with Gasteiger partial charge in [-0.2, -0.15) is 0 Å². The van der Waals surface area contributed by atoms with E-state index in [2.05, 4.69) is 4.98 Å². The van der Waals surface area contributed by atoms with Crippen LogP contribution in [0, 0.1) is 0 Å². The molecule has 1 aromatic carbocycles. The average molecular weight is 409 g/mol. The van der Waals surface area contributed by atoms with E-state index in [1.807, 2.05) is 24.3 Å². The number of benzene rings is 1. The van der Waals surface area contributed by atoms with Crippen LogP contribution in [0.25, 0.3) is 16.6 Å². The van der Waals surface area contributed by atoms with Crippen molar-refractivity contribution in [1.82, 2.24) is 4.98 Å². The van der Waals surface area contributed by atoms with Crippen molar-refractivity contribution >= 4 is 35.4 Å². The summed E-state index contributed by atoms with van der Waals surface area (Å²) >= 11 is -0.472. The SMILES string of the molecule is [Cl][Pt][Cl].[NH-]c1cccc2cccnc12. The van der Waals surface area contributed by atoms with Crippen LogP contribution in [-0.2, 0) is 16.5 Å². The summed E-state index contributed by atoms with van der Waals surface area (Å²) in [5.74, 6) is 0. The molecule has 78 valence electrons. The van der Waals surface area contributed by atoms with E-state index in [-0.39, 0.29) is 0 Å². The second kappa shape index (κ2) is 6.23. The van der Waals surface area contributed by atoms with Gasteiger partial charge in [-0.1, -0.05) is 24.3 Å². The number of hydrogen-bond donors (Lipinski definition) is 0. The Kier molecular flexibility index (Phi) is 5.24. The summed E-state index contributed by atoms with van der Waals surface area (Å²) in [5, 5.41) is 1.03. The Morgan fingerprint density at radius 2 is 1.79 bits per heavy atom. The molecule has 0 aliphatic carbocycles. The fourth-order valence-corrected chi connectivity index (χ4v) is 1.10. The zero-order valence-electron chi connectivity index (χ0n) is 6.98. The first kappa shape index (κ1) is 11.8. The summed E-state index contributed by atoms with van der Waals surface area (Å²) in [4.78, 5) is 4.09. The molecule has 0 saturated carbocycles. The predicted octanol–water partition coefficient (Wildman–Crippen LogP) is 4.30. The van der Waals surface area contributed by atoms with Crippen molar-refractivity contribution in [2.24, 2.45) is 0 Å². The topological polar surface area (TPSA) is 36.7 Å². The minimum absolute atomic E-state index is 0.472. The van der Waals surface area contributed by atoms with E-state index in [1.54, 1.807) is 12.3 Å². The molecule has 0 amide bonds. The van der Waals surface area contributed by atoms with Crippen LogP contribution in [0.1, 0.15) is 0 Å². The molecular formula is C9H7Cl2N2Pt-. The van der Waals surface area contributed by atoms with Crippen molar-refractivity contribution in [2.45, 2.75) is 0 Å². The molecule has 0 radical (unpaired) electrons. The molecule has 5 heteroatoms. The third-order valence-corrected chi connectivity index (χ3v) is 1.63. The van der Waals surface area contributed by atoms with E-state index in [0.717, 1.165) is 10.9 Å². The molecule has 0 aliphatic rings. The molecule has 0 atom stereocenters. The van der Waals surface area contributed by atoms with Crippen molar-refractivity contribution in [3.8, 4) is 0 Å². The fraction of sp³-hybridized carbons (Fsp3) is 0. The third kappa shape index (κ3) is 3.13. The van der Waals surface area contributed by atoms with Gasteiger partial charge < -0.3 is 5.73 Å². The van der Waals surface area contributed by atoms with Crippen LogP contribution >= 0.6 is 18.8 Å². The van der Waals surface area contributed by atoms with E-state index in [0.29, 0.717) is 5.69 Å². The minimum Gasteiger partial charge on any atom is -0.697 e. The Bertz CT molecular complexity index is 403. The summed E-state index contributed by atoms with van der Waals surface area (Å²) < 4.78 is 0. The largest absolute Gasteiger partial charge is 0.697 e. The summed E-state index contributed by atoms with van der Waals surface area (Å²) in [6.45, 7) is 0. The summed E-state index contributed by atoms with van der Waals surface area (Å²) in [6.07, 6.45) is 1.71. The maximum absolute atomic E-state index is 7.50. The molecule has 0 bridgehead atoms. The smallest absolute Gasteiger partial charge is 0.0551 e. The summed E-state index contributed by atoms with van der Waals surface area (Å²) in [5.41, 5.74) is 8.76. The van der Waals surface area contributed by atoms with Crippen LogP contribution in [0.4, 0.5) is 5.69 Å². The van der Waals surface area contributed by atoms with Crippen LogP contribution in [0.5, 0.6) is 0 Å². The first-order valence-corrected chi connectivity index (χ1v) is 9.30. The van der Waals surface area contributed by atoms with Crippen molar-refractivity contribution in [3.05, 3.63) is 42.3 Å². The van der Waals surface area contributed by atoms with Gasteiger partial charge in [-0.15, -0.1) is 5.69 Å². The molecule has 2 aromatic rings. The van der Waals surface area contributed by atoms with E-state index in [9.17, 15) is 0 Å². The Morgan fingerprint density at radius 1 is 1.14 bits per heavy atom. The van der Waals surface area contributed by atoms with Gasteiger partial charge in [0.2, 0.25) is 0 Å². The third-order valence-electron chi connectivity index (χ3n) is 1.63. The number of nitrogens with one attached hydrogen (secondary N) is 1. The molecular weight excluding hydrogens is 402 g/mol. The Labute approximate surface area is 98.8 Å². The van der Waals surface area contributed by atoms with Crippen molar-refractivity contribution in [3.63, 3.8) is 0 Å². The monoisotopic (exact) mass is 408 g/mol. The molecule has 2 rings (SSSR count). The minimum atomic E-state index is -0.472. The second-order valence-corrected chi connectivity index (χ2v) is 5.71. The quantitative estimate of drug-likeness (QED) is 0.640. The summed E-state index contributed by atoms with van der Waals surface area (Å²) in [7, 11) is 9.75. The van der Waals surface area contributed by atoms with Crippen LogP contribution in [0.15, 0.2) is 36.5 Å². The number of hydrogen-bond acceptors (Lipinski definition) is 1. The zero-order valence-corrected chi connectivity index (χ0v) is 10.8. The molecule has 0 saturated heterocycles. The van der Waals surface area contributed by atoms with Gasteiger partial charge in [0, 0.05) is 6.20 Å². The standard InChI is InChI=1S/C9H7N2.2ClH.Pt/c10-8-5-1-3-7-4-2-6-11-9(7)8;;;/h1-6,10H;2*1H;/q-1;;;+2/p-2. The molecule has 1 aromatic heterocycles. The van der Waals surface area contributed by atoms with Gasteiger partial charge in [0.25, 0.3) is 0 Å². The molecule has 0 unspecified atom stereocenters. The Hall–Kier alpha value is -0.302. The van der Waals surface area contributed by atoms with Crippen LogP contribution in [0.2, 0.25) is 0 Å². The van der Waals surface area contributed by atoms with Crippen LogP contribution < -0.4 is 0 Å². The first-order chi connectivity index (χ1) is 6.79.